The van der Waals surface area contributed by atoms with Crippen molar-refractivity contribution in [3.63, 3.8) is 0 Å². The van der Waals surface area contributed by atoms with Crippen molar-refractivity contribution in [3.05, 3.63) is 30.0 Å². The van der Waals surface area contributed by atoms with Crippen LogP contribution >= 0.6 is 0 Å². The van der Waals surface area contributed by atoms with Crippen LogP contribution in [0.1, 0.15) is 12.1 Å². The molecule has 0 spiro atoms. The van der Waals surface area contributed by atoms with Gasteiger partial charge in [0.15, 0.2) is 0 Å². The summed E-state index contributed by atoms with van der Waals surface area (Å²) < 4.78 is 16.1. The lowest BCUT2D eigenvalue weighted by atomic mass is 9.95. The van der Waals surface area contributed by atoms with Gasteiger partial charge in [0, 0.05) is 24.4 Å². The standard InChI is InChI=1S/C16H21FN4O/c1-20-7-6-11(13(17)10-20)9-21-15-5-3-2-4-12(15)14(19-21)8-16(18)22/h2-5,11,13H,6-10H2,1H3,(H2,18,22)/t11-,13-/m1/s1. The second-order valence-electron chi connectivity index (χ2n) is 6.12. The van der Waals surface area contributed by atoms with Gasteiger partial charge in [-0.05, 0) is 26.1 Å². The van der Waals surface area contributed by atoms with Crippen molar-refractivity contribution < 1.29 is 9.18 Å². The molecule has 3 rings (SSSR count). The van der Waals surface area contributed by atoms with Gasteiger partial charge in [-0.25, -0.2) is 4.39 Å². The Hall–Kier alpha value is -1.95. The number of alkyl halides is 1. The number of para-hydroxylation sites is 1. The van der Waals surface area contributed by atoms with Crippen molar-refractivity contribution in [2.24, 2.45) is 11.7 Å². The summed E-state index contributed by atoms with van der Waals surface area (Å²) in [7, 11) is 1.94. The second kappa shape index (κ2) is 6.04. The lowest BCUT2D eigenvalue weighted by molar-refractivity contribution is -0.117. The number of hydrogen-bond acceptors (Lipinski definition) is 3. The average molecular weight is 304 g/mol. The molecule has 0 radical (unpaired) electrons. The van der Waals surface area contributed by atoms with Gasteiger partial charge in [0.2, 0.25) is 5.91 Å². The number of nitrogens with zero attached hydrogens (tertiary/aromatic N) is 3. The molecule has 2 heterocycles. The molecule has 0 bridgehead atoms. The normalized spacial score (nSPS) is 23.0. The summed E-state index contributed by atoms with van der Waals surface area (Å²) in [6.45, 7) is 1.91. The SMILES string of the molecule is CN1CC[C@H](Cn2nc(CC(N)=O)c3ccccc32)[C@H](F)C1. The first-order chi connectivity index (χ1) is 10.5. The largest absolute Gasteiger partial charge is 0.369 e. The molecule has 118 valence electrons. The summed E-state index contributed by atoms with van der Waals surface area (Å²) in [5.41, 5.74) is 6.90. The van der Waals surface area contributed by atoms with E-state index in [0.29, 0.717) is 18.8 Å². The number of halogens is 1. The van der Waals surface area contributed by atoms with Gasteiger partial charge in [-0.3, -0.25) is 9.48 Å². The Morgan fingerprint density at radius 1 is 1.45 bits per heavy atom. The molecule has 1 amide bonds. The maximum Gasteiger partial charge on any atom is 0.223 e. The number of aromatic nitrogens is 2. The number of hydrogen-bond donors (Lipinski definition) is 1. The van der Waals surface area contributed by atoms with Gasteiger partial charge in [0.05, 0.1) is 17.6 Å². The second-order valence-corrected chi connectivity index (χ2v) is 6.12. The number of amides is 1. The van der Waals surface area contributed by atoms with E-state index in [1.54, 1.807) is 0 Å². The average Bonchev–Trinajstić information content (AvgIpc) is 2.80. The Morgan fingerprint density at radius 2 is 2.23 bits per heavy atom. The molecule has 1 aromatic heterocycles. The van der Waals surface area contributed by atoms with E-state index >= 15 is 0 Å². The van der Waals surface area contributed by atoms with Crippen LogP contribution < -0.4 is 5.73 Å². The van der Waals surface area contributed by atoms with E-state index in [0.717, 1.165) is 23.9 Å². The van der Waals surface area contributed by atoms with Crippen LogP contribution in [0.2, 0.25) is 0 Å². The lowest BCUT2D eigenvalue weighted by Crippen LogP contribution is -2.41. The van der Waals surface area contributed by atoms with Crippen molar-refractivity contribution in [3.8, 4) is 0 Å². The molecule has 0 unspecified atom stereocenters. The molecule has 1 saturated heterocycles. The number of rotatable bonds is 4. The van der Waals surface area contributed by atoms with Crippen molar-refractivity contribution in [2.75, 3.05) is 20.1 Å². The van der Waals surface area contributed by atoms with E-state index in [2.05, 4.69) is 5.10 Å². The van der Waals surface area contributed by atoms with Gasteiger partial charge in [0.1, 0.15) is 6.17 Å². The van der Waals surface area contributed by atoms with Gasteiger partial charge in [-0.1, -0.05) is 18.2 Å². The number of likely N-dealkylation sites (tertiary alicyclic amines) is 1. The highest BCUT2D eigenvalue weighted by atomic mass is 19.1. The maximum absolute atomic E-state index is 14.2. The number of fused-ring (bicyclic) bond motifs is 1. The number of nitrogens with two attached hydrogens (primary N) is 1. The Morgan fingerprint density at radius 3 is 2.95 bits per heavy atom. The van der Waals surface area contributed by atoms with Crippen LogP contribution in [0.15, 0.2) is 24.3 Å². The van der Waals surface area contributed by atoms with Crippen molar-refractivity contribution >= 4 is 16.8 Å². The quantitative estimate of drug-likeness (QED) is 0.927. The smallest absolute Gasteiger partial charge is 0.223 e. The van der Waals surface area contributed by atoms with Gasteiger partial charge < -0.3 is 10.6 Å². The van der Waals surface area contributed by atoms with Gasteiger partial charge in [0.25, 0.3) is 0 Å². The summed E-state index contributed by atoms with van der Waals surface area (Å²) in [6, 6.07) is 7.72. The highest BCUT2D eigenvalue weighted by molar-refractivity contribution is 5.87. The third-order valence-electron chi connectivity index (χ3n) is 4.36. The minimum Gasteiger partial charge on any atom is -0.369 e. The van der Waals surface area contributed by atoms with Gasteiger partial charge in [-0.2, -0.15) is 5.10 Å². The maximum atomic E-state index is 14.2. The molecule has 2 aromatic rings. The zero-order chi connectivity index (χ0) is 15.7. The molecule has 0 aliphatic carbocycles. The molecule has 6 heteroatoms. The zero-order valence-corrected chi connectivity index (χ0v) is 12.7. The topological polar surface area (TPSA) is 64.2 Å². The van der Waals surface area contributed by atoms with E-state index in [4.69, 9.17) is 5.73 Å². The third-order valence-corrected chi connectivity index (χ3v) is 4.36. The Labute approximate surface area is 128 Å². The van der Waals surface area contributed by atoms with Crippen LogP contribution in [0.5, 0.6) is 0 Å². The fourth-order valence-electron chi connectivity index (χ4n) is 3.16. The molecule has 2 atom stereocenters. The molecule has 22 heavy (non-hydrogen) atoms. The molecule has 1 fully saturated rings. The summed E-state index contributed by atoms with van der Waals surface area (Å²) in [5.74, 6) is -0.445. The van der Waals surface area contributed by atoms with Gasteiger partial charge in [-0.15, -0.1) is 0 Å². The van der Waals surface area contributed by atoms with Crippen LogP contribution in [-0.4, -0.2) is 46.9 Å². The first-order valence-electron chi connectivity index (χ1n) is 7.60. The molecular formula is C16H21FN4O. The fourth-order valence-corrected chi connectivity index (χ4v) is 3.16. The number of benzene rings is 1. The highest BCUT2D eigenvalue weighted by Crippen LogP contribution is 2.25. The van der Waals surface area contributed by atoms with Crippen LogP contribution in [0.4, 0.5) is 4.39 Å². The van der Waals surface area contributed by atoms with Crippen LogP contribution in [0, 0.1) is 5.92 Å². The summed E-state index contributed by atoms with van der Waals surface area (Å²) in [4.78, 5) is 13.2. The number of carbonyl (C=O) groups is 1. The Balaban J connectivity index is 1.89. The predicted octanol–water partition coefficient (Wildman–Crippen LogP) is 1.35. The molecule has 1 aliphatic rings. The molecule has 5 nitrogen and oxygen atoms in total. The number of primary amides is 1. The molecule has 0 saturated carbocycles. The summed E-state index contributed by atoms with van der Waals surface area (Å²) >= 11 is 0. The zero-order valence-electron chi connectivity index (χ0n) is 12.7. The van der Waals surface area contributed by atoms with E-state index in [-0.39, 0.29) is 12.3 Å². The van der Waals surface area contributed by atoms with Crippen LogP contribution in [-0.2, 0) is 17.8 Å². The monoisotopic (exact) mass is 304 g/mol. The third kappa shape index (κ3) is 2.97. The lowest BCUT2D eigenvalue weighted by Gasteiger charge is -2.32. The highest BCUT2D eigenvalue weighted by Gasteiger charge is 2.28. The minimum atomic E-state index is -0.846. The van der Waals surface area contributed by atoms with Crippen molar-refractivity contribution in [1.29, 1.82) is 0 Å². The first-order valence-corrected chi connectivity index (χ1v) is 7.60. The molecular weight excluding hydrogens is 283 g/mol. The minimum absolute atomic E-state index is 0.0408. The van der Waals surface area contributed by atoms with Crippen LogP contribution in [0.25, 0.3) is 10.9 Å². The fraction of sp³-hybridized carbons (Fsp3) is 0.500. The summed E-state index contributed by atoms with van der Waals surface area (Å²) in [6.07, 6.45) is 0.0815. The van der Waals surface area contributed by atoms with E-state index in [1.807, 2.05) is 40.9 Å². The molecule has 1 aliphatic heterocycles. The van der Waals surface area contributed by atoms with Crippen LogP contribution in [0.3, 0.4) is 0 Å². The predicted molar refractivity (Wildman–Crippen MR) is 83.1 cm³/mol. The molecule has 1 aromatic carbocycles. The van der Waals surface area contributed by atoms with E-state index in [9.17, 15) is 9.18 Å². The number of piperidine rings is 1. The number of carbonyl (C=O) groups excluding carboxylic acids is 1. The first kappa shape index (κ1) is 15.0. The van der Waals surface area contributed by atoms with E-state index < -0.39 is 12.1 Å². The van der Waals surface area contributed by atoms with Crippen molar-refractivity contribution in [1.82, 2.24) is 14.7 Å². The summed E-state index contributed by atoms with van der Waals surface area (Å²) in [5, 5.41) is 5.43. The Bertz CT molecular complexity index is 684. The molecule has 2 N–H and O–H groups in total. The Kier molecular flexibility index (Phi) is 4.11. The van der Waals surface area contributed by atoms with Gasteiger partial charge >= 0.3 is 0 Å². The van der Waals surface area contributed by atoms with Crippen molar-refractivity contribution in [2.45, 2.75) is 25.6 Å². The van der Waals surface area contributed by atoms with E-state index in [1.165, 1.54) is 0 Å².